The third-order valence-corrected chi connectivity index (χ3v) is 5.99. The number of allylic oxidation sites excluding steroid dienone is 1. The smallest absolute Gasteiger partial charge is 0.138 e. The van der Waals surface area contributed by atoms with E-state index in [0.29, 0.717) is 23.9 Å². The van der Waals surface area contributed by atoms with Gasteiger partial charge >= 0.3 is 0 Å². The molecular weight excluding hydrogens is 392 g/mol. The molecule has 0 amide bonds. The zero-order chi connectivity index (χ0) is 22.0. The summed E-state index contributed by atoms with van der Waals surface area (Å²) in [4.78, 5) is 8.55. The Kier molecular flexibility index (Phi) is 8.82. The highest BCUT2D eigenvalue weighted by Gasteiger charge is 2.11. The van der Waals surface area contributed by atoms with Crippen LogP contribution in [0, 0.1) is 0 Å². The van der Waals surface area contributed by atoms with Crippen molar-refractivity contribution >= 4 is 25.7 Å². The van der Waals surface area contributed by atoms with Crippen LogP contribution in [0.2, 0.25) is 25.7 Å². The van der Waals surface area contributed by atoms with Gasteiger partial charge in [0.15, 0.2) is 0 Å². The molecule has 2 aromatic carbocycles. The second-order valence-electron chi connectivity index (χ2n) is 8.05. The van der Waals surface area contributed by atoms with Crippen LogP contribution in [0.1, 0.15) is 11.1 Å². The lowest BCUT2D eigenvalue weighted by atomic mass is 10.1. The zero-order valence-electron chi connectivity index (χ0n) is 18.3. The van der Waals surface area contributed by atoms with Crippen molar-refractivity contribution in [1.29, 1.82) is 0 Å². The first-order valence-corrected chi connectivity index (χ1v) is 13.6. The molecule has 0 aliphatic rings. The number of nitrogens with two attached hydrogens (primary N) is 2. The van der Waals surface area contributed by atoms with Gasteiger partial charge in [-0.15, -0.1) is 0 Å². The Morgan fingerprint density at radius 1 is 1.07 bits per heavy atom. The molecule has 2 aromatic rings. The lowest BCUT2D eigenvalue weighted by molar-refractivity contribution is 0.155. The summed E-state index contributed by atoms with van der Waals surface area (Å²) >= 11 is 0. The van der Waals surface area contributed by atoms with Crippen LogP contribution in [0.25, 0.3) is 0 Å². The standard InChI is InChI=1S/C23H32N4O2Si/c1-26-16-19-15-21(9-10-22(19)25)29-20-7-5-18(6-8-20)23(11-12-24)27-17-28-13-14-30(2,3)4/h5-12,15-16H,13-14,17,24-25H2,1-4H3. The lowest BCUT2D eigenvalue weighted by Crippen LogP contribution is -2.21. The zero-order valence-corrected chi connectivity index (χ0v) is 19.3. The molecule has 0 unspecified atom stereocenters. The number of hydrogen-bond acceptors (Lipinski definition) is 6. The van der Waals surface area contributed by atoms with E-state index in [1.807, 2.05) is 36.4 Å². The minimum Gasteiger partial charge on any atom is -0.457 e. The second-order valence-corrected chi connectivity index (χ2v) is 13.7. The number of aliphatic imine (C=N–C) groups is 2. The Morgan fingerprint density at radius 3 is 2.40 bits per heavy atom. The number of rotatable bonds is 10. The largest absolute Gasteiger partial charge is 0.457 e. The number of benzene rings is 2. The summed E-state index contributed by atoms with van der Waals surface area (Å²) < 4.78 is 11.6. The van der Waals surface area contributed by atoms with Crippen LogP contribution in [-0.2, 0) is 4.74 Å². The first kappa shape index (κ1) is 23.4. The van der Waals surface area contributed by atoms with Gasteiger partial charge in [-0.05, 0) is 60.8 Å². The molecule has 0 heterocycles. The van der Waals surface area contributed by atoms with Crippen molar-refractivity contribution < 1.29 is 9.47 Å². The number of anilines is 1. The maximum absolute atomic E-state index is 5.95. The summed E-state index contributed by atoms with van der Waals surface area (Å²) in [7, 11) is 0.607. The number of nitrogens with zero attached hydrogens (tertiary/aromatic N) is 2. The molecule has 160 valence electrons. The fourth-order valence-corrected chi connectivity index (χ4v) is 3.34. The molecule has 2 rings (SSSR count). The van der Waals surface area contributed by atoms with E-state index in [1.54, 1.807) is 25.4 Å². The Bertz CT molecular complexity index is 900. The van der Waals surface area contributed by atoms with Crippen molar-refractivity contribution in [3.05, 3.63) is 65.9 Å². The van der Waals surface area contributed by atoms with Gasteiger partial charge in [0.25, 0.3) is 0 Å². The van der Waals surface area contributed by atoms with E-state index >= 15 is 0 Å². The van der Waals surface area contributed by atoms with Crippen LogP contribution in [0.15, 0.2) is 64.7 Å². The minimum atomic E-state index is -1.10. The van der Waals surface area contributed by atoms with Gasteiger partial charge in [-0.25, -0.2) is 0 Å². The fourth-order valence-electron chi connectivity index (χ4n) is 2.59. The van der Waals surface area contributed by atoms with Crippen LogP contribution in [-0.4, -0.2) is 40.4 Å². The van der Waals surface area contributed by atoms with Crippen LogP contribution in [0.4, 0.5) is 5.69 Å². The van der Waals surface area contributed by atoms with Crippen molar-refractivity contribution in [3.8, 4) is 11.5 Å². The first-order chi connectivity index (χ1) is 14.3. The molecule has 30 heavy (non-hydrogen) atoms. The number of nitrogen functional groups attached to an aromatic ring is 1. The predicted molar refractivity (Wildman–Crippen MR) is 130 cm³/mol. The van der Waals surface area contributed by atoms with Gasteiger partial charge in [-0.2, -0.15) is 0 Å². The van der Waals surface area contributed by atoms with Crippen molar-refractivity contribution in [2.75, 3.05) is 26.1 Å². The first-order valence-electron chi connectivity index (χ1n) is 9.93. The summed E-state index contributed by atoms with van der Waals surface area (Å²) in [5, 5.41) is 0. The lowest BCUT2D eigenvalue weighted by Gasteiger charge is -2.14. The monoisotopic (exact) mass is 424 g/mol. The number of hydrogen-bond donors (Lipinski definition) is 2. The third kappa shape index (κ3) is 7.85. The SMILES string of the molecule is CN=Cc1cc(Oc2ccc(C(C=CN)=NCOCC[Si](C)(C)C)cc2)ccc1N. The Labute approximate surface area is 180 Å². The molecule has 0 atom stereocenters. The van der Waals surface area contributed by atoms with Crippen LogP contribution in [0.5, 0.6) is 11.5 Å². The molecule has 0 bridgehead atoms. The summed E-state index contributed by atoms with van der Waals surface area (Å²) in [6, 6.07) is 14.3. The molecule has 6 nitrogen and oxygen atoms in total. The van der Waals surface area contributed by atoms with Crippen LogP contribution in [0.3, 0.4) is 0 Å². The van der Waals surface area contributed by atoms with Crippen molar-refractivity contribution in [2.45, 2.75) is 25.7 Å². The van der Waals surface area contributed by atoms with Gasteiger partial charge in [0.2, 0.25) is 0 Å². The van der Waals surface area contributed by atoms with Gasteiger partial charge in [-0.1, -0.05) is 19.6 Å². The van der Waals surface area contributed by atoms with Gasteiger partial charge in [0.1, 0.15) is 18.2 Å². The fraction of sp³-hybridized carbons (Fsp3) is 0.304. The van der Waals surface area contributed by atoms with E-state index in [0.717, 1.165) is 29.5 Å². The molecular formula is C23H32N4O2Si. The summed E-state index contributed by atoms with van der Waals surface area (Å²) in [5.74, 6) is 1.41. The molecule has 4 N–H and O–H groups in total. The van der Waals surface area contributed by atoms with E-state index in [9.17, 15) is 0 Å². The van der Waals surface area contributed by atoms with E-state index in [2.05, 4.69) is 29.6 Å². The highest BCUT2D eigenvalue weighted by Crippen LogP contribution is 2.25. The molecule has 0 saturated heterocycles. The quantitative estimate of drug-likeness (QED) is 0.250. The van der Waals surface area contributed by atoms with E-state index in [1.165, 1.54) is 6.20 Å². The molecule has 0 aromatic heterocycles. The molecule has 0 radical (unpaired) electrons. The summed E-state index contributed by atoms with van der Waals surface area (Å²) in [5.41, 5.74) is 14.7. The second kappa shape index (κ2) is 11.3. The Hall–Kier alpha value is -2.90. The third-order valence-electron chi connectivity index (χ3n) is 4.29. The predicted octanol–water partition coefficient (Wildman–Crippen LogP) is 4.68. The molecule has 0 spiro atoms. The van der Waals surface area contributed by atoms with Crippen LogP contribution >= 0.6 is 0 Å². The molecule has 0 saturated carbocycles. The van der Waals surface area contributed by atoms with E-state index < -0.39 is 8.07 Å². The normalized spacial score (nSPS) is 12.7. The highest BCUT2D eigenvalue weighted by atomic mass is 28.3. The average molecular weight is 425 g/mol. The van der Waals surface area contributed by atoms with Gasteiger partial charge in [0.05, 0.1) is 5.71 Å². The van der Waals surface area contributed by atoms with Crippen LogP contribution < -0.4 is 16.2 Å². The highest BCUT2D eigenvalue weighted by molar-refractivity contribution is 6.76. The molecule has 7 heteroatoms. The minimum absolute atomic E-state index is 0.315. The van der Waals surface area contributed by atoms with Crippen molar-refractivity contribution in [1.82, 2.24) is 0 Å². The van der Waals surface area contributed by atoms with Crippen molar-refractivity contribution in [3.63, 3.8) is 0 Å². The summed E-state index contributed by atoms with van der Waals surface area (Å²) in [6.45, 7) is 8.03. The summed E-state index contributed by atoms with van der Waals surface area (Å²) in [6.07, 6.45) is 4.96. The maximum Gasteiger partial charge on any atom is 0.138 e. The Morgan fingerprint density at radius 2 is 1.77 bits per heavy atom. The van der Waals surface area contributed by atoms with Crippen molar-refractivity contribution in [2.24, 2.45) is 15.7 Å². The van der Waals surface area contributed by atoms with Gasteiger partial charge in [-0.3, -0.25) is 9.98 Å². The molecule has 0 aliphatic carbocycles. The number of ether oxygens (including phenoxy) is 2. The van der Waals surface area contributed by atoms with Gasteiger partial charge < -0.3 is 20.9 Å². The molecule has 0 fully saturated rings. The Balaban J connectivity index is 2.04. The average Bonchev–Trinajstić information content (AvgIpc) is 2.69. The van der Waals surface area contributed by atoms with Gasteiger partial charge in [0, 0.05) is 44.8 Å². The maximum atomic E-state index is 5.95. The molecule has 0 aliphatic heterocycles. The van der Waals surface area contributed by atoms with E-state index in [-0.39, 0.29) is 0 Å². The van der Waals surface area contributed by atoms with E-state index in [4.69, 9.17) is 20.9 Å². The topological polar surface area (TPSA) is 95.2 Å².